The topological polar surface area (TPSA) is 111 Å². The van der Waals surface area contributed by atoms with Crippen molar-refractivity contribution < 1.29 is 37.3 Å². The van der Waals surface area contributed by atoms with E-state index in [0.29, 0.717) is 23.9 Å². The molecule has 3 unspecified atom stereocenters. The number of quaternary nitrogens is 1. The lowest BCUT2D eigenvalue weighted by atomic mass is 10.0. The molecule has 0 spiro atoms. The van der Waals surface area contributed by atoms with Crippen molar-refractivity contribution in [3.05, 3.63) is 109 Å². The SMILES string of the molecule is CC/C=C\C/C=C\C/C=C\C/C=C\C/C=C\C/C=C\CCC(=O)OC(/C=C/CCCCCCCCCCCC)C(COP(=O)(O)OCC[N+](C)(C)C)NC(=O)CCCCCCCC/C=C/C=C/CCCCC. The fraction of sp³-hybridized carbons (Fsp3) is 0.677. The van der Waals surface area contributed by atoms with Gasteiger partial charge in [-0.25, -0.2) is 4.57 Å². The first kappa shape index (κ1) is 68.7. The molecule has 0 aromatic heterocycles. The third kappa shape index (κ3) is 51.6. The molecule has 0 aromatic rings. The summed E-state index contributed by atoms with van der Waals surface area (Å²) in [7, 11) is 1.43. The van der Waals surface area contributed by atoms with Gasteiger partial charge in [0.25, 0.3) is 0 Å². The van der Waals surface area contributed by atoms with Gasteiger partial charge in [-0.15, -0.1) is 0 Å². The minimum absolute atomic E-state index is 0.0211. The average Bonchev–Trinajstić information content (AvgIpc) is 3.34. The lowest BCUT2D eigenvalue weighted by Crippen LogP contribution is -2.47. The second kappa shape index (κ2) is 51.2. The van der Waals surface area contributed by atoms with Crippen LogP contribution in [0.1, 0.15) is 220 Å². The molecule has 3 atom stereocenters. The summed E-state index contributed by atoms with van der Waals surface area (Å²) < 4.78 is 30.5. The summed E-state index contributed by atoms with van der Waals surface area (Å²) in [6.45, 7) is 6.79. The van der Waals surface area contributed by atoms with Crippen LogP contribution in [0.4, 0.5) is 0 Å². The molecule has 2 N–H and O–H groups in total. The van der Waals surface area contributed by atoms with Crippen LogP contribution in [0.3, 0.4) is 0 Å². The summed E-state index contributed by atoms with van der Waals surface area (Å²) in [6.07, 6.45) is 69.5. The maximum absolute atomic E-state index is 13.5. The van der Waals surface area contributed by atoms with Gasteiger partial charge in [0, 0.05) is 12.8 Å². The van der Waals surface area contributed by atoms with E-state index in [4.69, 9.17) is 13.8 Å². The van der Waals surface area contributed by atoms with E-state index in [-0.39, 0.29) is 25.5 Å². The van der Waals surface area contributed by atoms with E-state index in [1.54, 1.807) is 0 Å². The van der Waals surface area contributed by atoms with Crippen molar-refractivity contribution in [1.82, 2.24) is 5.32 Å². The molecule has 0 saturated carbocycles. The molecule has 0 heterocycles. The second-order valence-corrected chi connectivity index (χ2v) is 21.6. The molecule has 72 heavy (non-hydrogen) atoms. The number of phosphoric acid groups is 1. The number of nitrogens with one attached hydrogen (secondary N) is 1. The largest absolute Gasteiger partial charge is 0.472 e. The smallest absolute Gasteiger partial charge is 0.456 e. The van der Waals surface area contributed by atoms with Crippen LogP contribution in [-0.2, 0) is 27.9 Å². The molecule has 0 rings (SSSR count). The van der Waals surface area contributed by atoms with Crippen molar-refractivity contribution in [2.24, 2.45) is 0 Å². The Balaban J connectivity index is 5.50. The van der Waals surface area contributed by atoms with Gasteiger partial charge in [-0.1, -0.05) is 220 Å². The number of hydrogen-bond donors (Lipinski definition) is 2. The summed E-state index contributed by atoms with van der Waals surface area (Å²) in [4.78, 5) is 37.5. The minimum atomic E-state index is -4.47. The Hall–Kier alpha value is -3.33. The number of rotatable bonds is 50. The van der Waals surface area contributed by atoms with Gasteiger partial charge in [-0.3, -0.25) is 18.6 Å². The van der Waals surface area contributed by atoms with Gasteiger partial charge in [-0.05, 0) is 96.0 Å². The monoisotopic (exact) mass is 1020 g/mol. The highest BCUT2D eigenvalue weighted by Gasteiger charge is 2.30. The van der Waals surface area contributed by atoms with E-state index in [9.17, 15) is 19.0 Å². The molecule has 0 aromatic carbocycles. The van der Waals surface area contributed by atoms with Crippen LogP contribution in [0.25, 0.3) is 0 Å². The van der Waals surface area contributed by atoms with Gasteiger partial charge >= 0.3 is 13.8 Å². The zero-order valence-electron chi connectivity index (χ0n) is 46.9. The normalized spacial score (nSPS) is 14.6. The molecule has 0 radical (unpaired) electrons. The number of allylic oxidation sites excluding steroid dienone is 17. The van der Waals surface area contributed by atoms with Crippen molar-refractivity contribution in [1.29, 1.82) is 0 Å². The van der Waals surface area contributed by atoms with Crippen molar-refractivity contribution >= 4 is 19.7 Å². The molecule has 0 saturated heterocycles. The molecule has 1 amide bonds. The van der Waals surface area contributed by atoms with Gasteiger partial charge in [0.1, 0.15) is 19.3 Å². The number of likely N-dealkylation sites (N-methyl/N-ethyl adjacent to an activating group) is 1. The zero-order valence-corrected chi connectivity index (χ0v) is 47.8. The molecule has 0 aliphatic carbocycles. The van der Waals surface area contributed by atoms with Gasteiger partial charge in [0.2, 0.25) is 5.91 Å². The van der Waals surface area contributed by atoms with Crippen molar-refractivity contribution in [3.8, 4) is 0 Å². The number of hydrogen-bond acceptors (Lipinski definition) is 6. The standard InChI is InChI=1S/C62H107N2O7P/c1-7-10-13-16-19-22-25-28-30-31-32-33-35-37-40-43-46-49-52-55-62(66)71-60(53-50-47-44-41-38-27-24-21-18-15-12-9-3)59(58-70-72(67,68)69-57-56-64(4,5)6)63-61(65)54-51-48-45-42-39-36-34-29-26-23-20-17-14-11-8-2/h10,13,19-20,22-23,26,28-30,32-33,37,40,46,49-50,53,59-60H,7-9,11-12,14-18,21,24-25,27,31,34-36,38-39,41-45,47-48,51-52,54-58H2,1-6H3,(H-,63,65,67,68)/p+1/b13-10-,22-19-,23-20+,29-26+,30-28-,33-32-,40-37-,49-46-,53-50+. The molecule has 0 fully saturated rings. The summed E-state index contributed by atoms with van der Waals surface area (Å²) in [5.41, 5.74) is 0. The Labute approximate surface area is 442 Å². The number of ether oxygens (including phenoxy) is 1. The number of unbranched alkanes of at least 4 members (excludes halogenated alkanes) is 19. The molecular formula is C62H108N2O7P+. The van der Waals surface area contributed by atoms with Crippen LogP contribution in [0.2, 0.25) is 0 Å². The molecule has 412 valence electrons. The Bertz CT molecular complexity index is 1600. The summed E-state index contributed by atoms with van der Waals surface area (Å²) in [5, 5.41) is 3.02. The van der Waals surface area contributed by atoms with Crippen LogP contribution in [0, 0.1) is 0 Å². The summed E-state index contributed by atoms with van der Waals surface area (Å²) in [5.74, 6) is -0.625. The highest BCUT2D eigenvalue weighted by molar-refractivity contribution is 7.47. The van der Waals surface area contributed by atoms with E-state index in [2.05, 4.69) is 111 Å². The zero-order chi connectivity index (χ0) is 52.9. The number of carbonyl (C=O) groups excluding carboxylic acids is 2. The number of phosphoric ester groups is 1. The molecule has 10 heteroatoms. The highest BCUT2D eigenvalue weighted by Crippen LogP contribution is 2.43. The van der Waals surface area contributed by atoms with Crippen molar-refractivity contribution in [3.63, 3.8) is 0 Å². The Morgan fingerprint density at radius 2 is 0.944 bits per heavy atom. The van der Waals surface area contributed by atoms with Gasteiger partial charge < -0.3 is 19.4 Å². The minimum Gasteiger partial charge on any atom is -0.456 e. The highest BCUT2D eigenvalue weighted by atomic mass is 31.2. The first-order chi connectivity index (χ1) is 34.9. The fourth-order valence-corrected chi connectivity index (χ4v) is 8.28. The van der Waals surface area contributed by atoms with Crippen molar-refractivity contribution in [2.75, 3.05) is 40.9 Å². The van der Waals surface area contributed by atoms with Gasteiger partial charge in [-0.2, -0.15) is 0 Å². The summed E-state index contributed by atoms with van der Waals surface area (Å²) >= 11 is 0. The maximum Gasteiger partial charge on any atom is 0.472 e. The molecule has 9 nitrogen and oxygen atoms in total. The number of carbonyl (C=O) groups is 2. The van der Waals surface area contributed by atoms with Crippen LogP contribution in [0.15, 0.2) is 109 Å². The van der Waals surface area contributed by atoms with Gasteiger partial charge in [0.15, 0.2) is 0 Å². The predicted molar refractivity (Wildman–Crippen MR) is 309 cm³/mol. The third-order valence-corrected chi connectivity index (χ3v) is 13.0. The average molecular weight is 1020 g/mol. The summed E-state index contributed by atoms with van der Waals surface area (Å²) in [6, 6.07) is -0.891. The maximum atomic E-state index is 13.5. The Morgan fingerprint density at radius 3 is 1.44 bits per heavy atom. The van der Waals surface area contributed by atoms with E-state index in [1.165, 1.54) is 70.6 Å². The van der Waals surface area contributed by atoms with E-state index < -0.39 is 25.9 Å². The number of nitrogens with zero attached hydrogens (tertiary/aromatic N) is 1. The van der Waals surface area contributed by atoms with Crippen LogP contribution in [0.5, 0.6) is 0 Å². The fourth-order valence-electron chi connectivity index (χ4n) is 7.54. The number of amides is 1. The first-order valence-electron chi connectivity index (χ1n) is 28.7. The lowest BCUT2D eigenvalue weighted by Gasteiger charge is -2.27. The quantitative estimate of drug-likeness (QED) is 0.0156. The van der Waals surface area contributed by atoms with E-state index in [1.807, 2.05) is 45.4 Å². The van der Waals surface area contributed by atoms with Crippen LogP contribution < -0.4 is 5.32 Å². The molecule has 0 aliphatic heterocycles. The van der Waals surface area contributed by atoms with Crippen molar-refractivity contribution in [2.45, 2.75) is 232 Å². The predicted octanol–water partition coefficient (Wildman–Crippen LogP) is 17.4. The van der Waals surface area contributed by atoms with E-state index >= 15 is 0 Å². The number of esters is 1. The Kier molecular flexibility index (Phi) is 48.8. The second-order valence-electron chi connectivity index (χ2n) is 20.1. The third-order valence-electron chi connectivity index (χ3n) is 12.0. The van der Waals surface area contributed by atoms with Crippen LogP contribution in [-0.4, -0.2) is 74.3 Å². The molecule has 0 bridgehead atoms. The molecular weight excluding hydrogens is 916 g/mol. The van der Waals surface area contributed by atoms with E-state index in [0.717, 1.165) is 109 Å². The van der Waals surface area contributed by atoms with Gasteiger partial charge in [0.05, 0.1) is 33.8 Å². The lowest BCUT2D eigenvalue weighted by molar-refractivity contribution is -0.870. The first-order valence-corrected chi connectivity index (χ1v) is 30.2. The van der Waals surface area contributed by atoms with Crippen LogP contribution >= 0.6 is 7.82 Å². The molecule has 0 aliphatic rings. The Morgan fingerprint density at radius 1 is 0.514 bits per heavy atom.